The van der Waals surface area contributed by atoms with Crippen LogP contribution in [0, 0.1) is 3.57 Å². The molecule has 0 aliphatic rings. The summed E-state index contributed by atoms with van der Waals surface area (Å²) in [5.41, 5.74) is 0.755. The molecule has 0 saturated carbocycles. The van der Waals surface area contributed by atoms with Crippen LogP contribution in [0.4, 0.5) is 5.69 Å². The molecule has 2 aromatic carbocycles. The Morgan fingerprint density at radius 1 is 1.19 bits per heavy atom. The minimum atomic E-state index is -0.596. The van der Waals surface area contributed by atoms with E-state index in [-0.39, 0.29) is 5.91 Å². The van der Waals surface area contributed by atoms with Crippen molar-refractivity contribution in [1.82, 2.24) is 0 Å². The zero-order valence-corrected chi connectivity index (χ0v) is 16.4. The highest BCUT2D eigenvalue weighted by Gasteiger charge is 2.16. The van der Waals surface area contributed by atoms with E-state index in [2.05, 4.69) is 59.8 Å². The lowest BCUT2D eigenvalue weighted by Crippen LogP contribution is -2.30. The summed E-state index contributed by atoms with van der Waals surface area (Å²) >= 11 is 9.01. The number of benzene rings is 2. The van der Waals surface area contributed by atoms with E-state index in [1.54, 1.807) is 6.92 Å². The average Bonchev–Trinajstić information content (AvgIpc) is 2.44. The molecule has 0 spiro atoms. The molecule has 21 heavy (non-hydrogen) atoms. The van der Waals surface area contributed by atoms with Gasteiger partial charge in [0.15, 0.2) is 6.10 Å². The highest BCUT2D eigenvalue weighted by atomic mass is 127. The van der Waals surface area contributed by atoms with Gasteiger partial charge >= 0.3 is 0 Å². The second-order valence-corrected chi connectivity index (χ2v) is 7.35. The molecule has 2 aromatic rings. The van der Waals surface area contributed by atoms with Gasteiger partial charge in [0.1, 0.15) is 5.75 Å². The summed E-state index contributed by atoms with van der Waals surface area (Å²) in [7, 11) is 0. The number of rotatable bonds is 4. The first-order chi connectivity index (χ1) is 9.95. The Hall–Kier alpha value is -0.600. The van der Waals surface area contributed by atoms with Crippen molar-refractivity contribution >= 4 is 66.0 Å². The van der Waals surface area contributed by atoms with Crippen LogP contribution in [0.5, 0.6) is 5.75 Å². The topological polar surface area (TPSA) is 38.3 Å². The maximum Gasteiger partial charge on any atom is 0.265 e. The predicted molar refractivity (Wildman–Crippen MR) is 99.7 cm³/mol. The number of ether oxygens (including phenoxy) is 1. The molecule has 0 aliphatic carbocycles. The Balaban J connectivity index is 2.00. The highest BCUT2D eigenvalue weighted by Crippen LogP contribution is 2.29. The van der Waals surface area contributed by atoms with E-state index >= 15 is 0 Å². The second-order valence-electron chi connectivity index (χ2n) is 4.33. The number of carbonyl (C=O) groups is 1. The Morgan fingerprint density at radius 3 is 2.48 bits per heavy atom. The van der Waals surface area contributed by atoms with Crippen molar-refractivity contribution in [3.05, 3.63) is 55.0 Å². The zero-order valence-electron chi connectivity index (χ0n) is 11.1. The third-order valence-corrected chi connectivity index (χ3v) is 4.51. The van der Waals surface area contributed by atoms with Gasteiger partial charge in [-0.3, -0.25) is 4.79 Å². The van der Waals surface area contributed by atoms with E-state index in [9.17, 15) is 4.79 Å². The summed E-state index contributed by atoms with van der Waals surface area (Å²) in [6.07, 6.45) is -0.596. The van der Waals surface area contributed by atoms with Crippen molar-refractivity contribution in [2.24, 2.45) is 0 Å². The minimum Gasteiger partial charge on any atom is -0.480 e. The quantitative estimate of drug-likeness (QED) is 0.557. The van der Waals surface area contributed by atoms with Crippen LogP contribution >= 0.6 is 54.5 Å². The minimum absolute atomic E-state index is 0.189. The molecular weight excluding hydrogens is 513 g/mol. The van der Waals surface area contributed by atoms with Gasteiger partial charge in [-0.2, -0.15) is 0 Å². The first kappa shape index (κ1) is 16.8. The molecular formula is C15H12Br2INO2. The van der Waals surface area contributed by atoms with Crippen molar-refractivity contribution in [1.29, 1.82) is 0 Å². The second kappa shape index (κ2) is 7.60. The van der Waals surface area contributed by atoms with Crippen LogP contribution in [0.1, 0.15) is 6.92 Å². The van der Waals surface area contributed by atoms with Gasteiger partial charge in [0.2, 0.25) is 0 Å². The van der Waals surface area contributed by atoms with Gasteiger partial charge in [-0.1, -0.05) is 15.9 Å². The Labute approximate surface area is 153 Å². The van der Waals surface area contributed by atoms with Gasteiger partial charge in [-0.05, 0) is 87.9 Å². The summed E-state index contributed by atoms with van der Waals surface area (Å²) in [5.74, 6) is 0.439. The molecule has 0 fully saturated rings. The van der Waals surface area contributed by atoms with E-state index in [1.165, 1.54) is 0 Å². The van der Waals surface area contributed by atoms with E-state index in [0.717, 1.165) is 18.2 Å². The molecule has 0 bridgehead atoms. The smallest absolute Gasteiger partial charge is 0.265 e. The van der Waals surface area contributed by atoms with E-state index < -0.39 is 6.10 Å². The molecule has 2 rings (SSSR count). The van der Waals surface area contributed by atoms with Crippen molar-refractivity contribution in [2.45, 2.75) is 13.0 Å². The Kier molecular flexibility index (Phi) is 6.07. The maximum absolute atomic E-state index is 12.1. The van der Waals surface area contributed by atoms with Crippen molar-refractivity contribution < 1.29 is 9.53 Å². The largest absolute Gasteiger partial charge is 0.480 e. The van der Waals surface area contributed by atoms with Crippen LogP contribution in [0.15, 0.2) is 51.4 Å². The van der Waals surface area contributed by atoms with Crippen molar-refractivity contribution in [2.75, 3.05) is 5.32 Å². The Bertz CT molecular complexity index is 647. The van der Waals surface area contributed by atoms with E-state index in [4.69, 9.17) is 4.74 Å². The summed E-state index contributed by atoms with van der Waals surface area (Å²) in [5, 5.41) is 2.83. The van der Waals surface area contributed by atoms with Crippen LogP contribution in [0.2, 0.25) is 0 Å². The van der Waals surface area contributed by atoms with Gasteiger partial charge in [0, 0.05) is 13.7 Å². The molecule has 0 heterocycles. The summed E-state index contributed by atoms with van der Waals surface area (Å²) in [6, 6.07) is 13.1. The number of hydrogen-bond acceptors (Lipinski definition) is 2. The predicted octanol–water partition coefficient (Wildman–Crippen LogP) is 5.22. The monoisotopic (exact) mass is 523 g/mol. The lowest BCUT2D eigenvalue weighted by molar-refractivity contribution is -0.122. The fourth-order valence-electron chi connectivity index (χ4n) is 1.59. The SMILES string of the molecule is CC(Oc1ccc(Br)cc1Br)C(=O)Nc1ccc(I)cc1. The fourth-order valence-corrected chi connectivity index (χ4v) is 3.09. The molecule has 0 aliphatic heterocycles. The van der Waals surface area contributed by atoms with Crippen LogP contribution in [0.3, 0.4) is 0 Å². The first-order valence-electron chi connectivity index (χ1n) is 6.14. The third kappa shape index (κ3) is 4.96. The summed E-state index contributed by atoms with van der Waals surface area (Å²) in [4.78, 5) is 12.1. The Morgan fingerprint density at radius 2 is 1.86 bits per heavy atom. The van der Waals surface area contributed by atoms with Crippen LogP contribution < -0.4 is 10.1 Å². The molecule has 1 amide bonds. The number of nitrogens with one attached hydrogen (secondary N) is 1. The number of halogens is 3. The summed E-state index contributed by atoms with van der Waals surface area (Å²) in [6.45, 7) is 1.72. The average molecular weight is 525 g/mol. The maximum atomic E-state index is 12.1. The van der Waals surface area contributed by atoms with Gasteiger partial charge in [-0.25, -0.2) is 0 Å². The fraction of sp³-hybridized carbons (Fsp3) is 0.133. The third-order valence-electron chi connectivity index (χ3n) is 2.68. The lowest BCUT2D eigenvalue weighted by atomic mass is 10.3. The first-order valence-corrected chi connectivity index (χ1v) is 8.80. The molecule has 0 radical (unpaired) electrons. The van der Waals surface area contributed by atoms with Gasteiger partial charge < -0.3 is 10.1 Å². The molecule has 0 aromatic heterocycles. The van der Waals surface area contributed by atoms with Gasteiger partial charge in [-0.15, -0.1) is 0 Å². The highest BCUT2D eigenvalue weighted by molar-refractivity contribution is 14.1. The van der Waals surface area contributed by atoms with Gasteiger partial charge in [0.25, 0.3) is 5.91 Å². The number of hydrogen-bond donors (Lipinski definition) is 1. The van der Waals surface area contributed by atoms with E-state index in [1.807, 2.05) is 42.5 Å². The molecule has 6 heteroatoms. The lowest BCUT2D eigenvalue weighted by Gasteiger charge is -2.16. The molecule has 1 N–H and O–H groups in total. The number of amides is 1. The molecule has 0 saturated heterocycles. The number of anilines is 1. The van der Waals surface area contributed by atoms with Crippen LogP contribution in [-0.4, -0.2) is 12.0 Å². The zero-order chi connectivity index (χ0) is 15.4. The van der Waals surface area contributed by atoms with Crippen molar-refractivity contribution in [3.8, 4) is 5.75 Å². The van der Waals surface area contributed by atoms with Crippen LogP contribution in [0.25, 0.3) is 0 Å². The van der Waals surface area contributed by atoms with Gasteiger partial charge in [0.05, 0.1) is 4.47 Å². The summed E-state index contributed by atoms with van der Waals surface area (Å²) < 4.78 is 8.54. The molecule has 3 nitrogen and oxygen atoms in total. The molecule has 1 unspecified atom stereocenters. The standard InChI is InChI=1S/C15H12Br2INO2/c1-9(21-14-7-2-10(16)8-13(14)17)15(20)19-12-5-3-11(18)4-6-12/h2-9H,1H3,(H,19,20). The molecule has 1 atom stereocenters. The van der Waals surface area contributed by atoms with Crippen molar-refractivity contribution in [3.63, 3.8) is 0 Å². The normalized spacial score (nSPS) is 11.8. The number of carbonyl (C=O) groups excluding carboxylic acids is 1. The molecule has 110 valence electrons. The van der Waals surface area contributed by atoms with Crippen LogP contribution in [-0.2, 0) is 4.79 Å². The van der Waals surface area contributed by atoms with E-state index in [0.29, 0.717) is 5.75 Å².